The maximum atomic E-state index is 2.37. The molecule has 2 aromatic rings. The van der Waals surface area contributed by atoms with Gasteiger partial charge in [-0.1, -0.05) is 32.0 Å². The van der Waals surface area contributed by atoms with E-state index in [9.17, 15) is 0 Å². The van der Waals surface area contributed by atoms with Gasteiger partial charge in [-0.3, -0.25) is 0 Å². The predicted octanol–water partition coefficient (Wildman–Crippen LogP) is 4.10. The molecule has 1 aromatic carbocycles. The molecular formula is C18H22N+. The number of hydrogen-bond donors (Lipinski definition) is 0. The van der Waals surface area contributed by atoms with Crippen LogP contribution in [0.1, 0.15) is 48.8 Å². The topological polar surface area (TPSA) is 3.88 Å². The summed E-state index contributed by atoms with van der Waals surface area (Å²) >= 11 is 0. The molecule has 1 heterocycles. The van der Waals surface area contributed by atoms with E-state index < -0.39 is 0 Å². The number of aromatic nitrogens is 1. The summed E-state index contributed by atoms with van der Waals surface area (Å²) < 4.78 is 2.29. The van der Waals surface area contributed by atoms with Crippen LogP contribution < -0.4 is 4.57 Å². The fraction of sp³-hybridized carbons (Fsp3) is 0.389. The van der Waals surface area contributed by atoms with Gasteiger partial charge in [0.1, 0.15) is 7.05 Å². The molecule has 19 heavy (non-hydrogen) atoms. The highest BCUT2D eigenvalue weighted by Gasteiger charge is 2.33. The average molecular weight is 252 g/mol. The van der Waals surface area contributed by atoms with Crippen molar-refractivity contribution in [2.75, 3.05) is 0 Å². The smallest absolute Gasteiger partial charge is 0.201 e. The lowest BCUT2D eigenvalue weighted by atomic mass is 9.94. The minimum atomic E-state index is 0.659. The third-order valence-corrected chi connectivity index (χ3v) is 4.53. The fourth-order valence-corrected chi connectivity index (χ4v) is 3.58. The van der Waals surface area contributed by atoms with E-state index >= 15 is 0 Å². The van der Waals surface area contributed by atoms with Gasteiger partial charge in [0.05, 0.1) is 0 Å². The quantitative estimate of drug-likeness (QED) is 0.673. The number of rotatable bonds is 1. The number of hydrogen-bond acceptors (Lipinski definition) is 0. The van der Waals surface area contributed by atoms with Crippen molar-refractivity contribution in [3.05, 3.63) is 53.2 Å². The molecule has 1 aromatic heterocycles. The van der Waals surface area contributed by atoms with Crippen LogP contribution in [0.3, 0.4) is 0 Å². The molecule has 1 heteroatoms. The first-order chi connectivity index (χ1) is 9.09. The van der Waals surface area contributed by atoms with Crippen molar-refractivity contribution >= 4 is 0 Å². The molecule has 0 radical (unpaired) electrons. The Morgan fingerprint density at radius 3 is 2.53 bits per heavy atom. The van der Waals surface area contributed by atoms with Crippen LogP contribution in [0.2, 0.25) is 0 Å². The second-order valence-corrected chi connectivity index (χ2v) is 6.00. The van der Waals surface area contributed by atoms with Crippen LogP contribution in [0.5, 0.6) is 0 Å². The molecule has 0 aliphatic heterocycles. The fourth-order valence-electron chi connectivity index (χ4n) is 3.58. The van der Waals surface area contributed by atoms with E-state index in [0.717, 1.165) is 0 Å². The molecule has 98 valence electrons. The molecule has 3 rings (SSSR count). The molecule has 2 unspecified atom stereocenters. The first-order valence-corrected chi connectivity index (χ1v) is 7.18. The van der Waals surface area contributed by atoms with Crippen molar-refractivity contribution in [2.45, 2.75) is 39.0 Å². The van der Waals surface area contributed by atoms with Gasteiger partial charge in [0.25, 0.3) is 0 Å². The van der Waals surface area contributed by atoms with Gasteiger partial charge < -0.3 is 0 Å². The first-order valence-electron chi connectivity index (χ1n) is 7.18. The zero-order chi connectivity index (χ0) is 13.6. The average Bonchev–Trinajstić information content (AvgIpc) is 2.66. The highest BCUT2D eigenvalue weighted by atomic mass is 14.9. The van der Waals surface area contributed by atoms with E-state index in [1.807, 2.05) is 0 Å². The summed E-state index contributed by atoms with van der Waals surface area (Å²) in [4.78, 5) is 0. The van der Waals surface area contributed by atoms with E-state index in [4.69, 9.17) is 0 Å². The maximum absolute atomic E-state index is 2.37. The van der Waals surface area contributed by atoms with Crippen LogP contribution in [-0.2, 0) is 7.05 Å². The Hall–Kier alpha value is -1.63. The summed E-state index contributed by atoms with van der Waals surface area (Å²) in [6, 6.07) is 11.0. The highest BCUT2D eigenvalue weighted by molar-refractivity contribution is 5.67. The van der Waals surface area contributed by atoms with Crippen LogP contribution in [-0.4, -0.2) is 0 Å². The molecule has 1 aliphatic carbocycles. The van der Waals surface area contributed by atoms with Gasteiger partial charge in [-0.05, 0) is 42.4 Å². The molecule has 0 saturated carbocycles. The molecule has 1 aliphatic rings. The van der Waals surface area contributed by atoms with Crippen LogP contribution in [0.4, 0.5) is 0 Å². The number of benzene rings is 1. The number of fused-ring (bicyclic) bond motifs is 1. The van der Waals surface area contributed by atoms with Gasteiger partial charge in [-0.15, -0.1) is 0 Å². The first kappa shape index (κ1) is 12.4. The van der Waals surface area contributed by atoms with Crippen molar-refractivity contribution in [1.29, 1.82) is 0 Å². The standard InChI is InChI=1S/C18H22N/c1-12-7-5-6-8-16(12)18-17-14(3)11-13(2)15(17)9-10-19(18)4/h5-10,13-14H,11H2,1-4H3/q+1. The van der Waals surface area contributed by atoms with E-state index in [2.05, 4.69) is 68.9 Å². The second-order valence-electron chi connectivity index (χ2n) is 6.00. The van der Waals surface area contributed by atoms with Crippen molar-refractivity contribution < 1.29 is 4.57 Å². The molecule has 0 fully saturated rings. The Balaban J connectivity index is 2.31. The monoisotopic (exact) mass is 252 g/mol. The minimum absolute atomic E-state index is 0.659. The lowest BCUT2D eigenvalue weighted by Gasteiger charge is -2.12. The van der Waals surface area contributed by atoms with E-state index in [1.165, 1.54) is 23.2 Å². The van der Waals surface area contributed by atoms with Gasteiger partial charge in [0.2, 0.25) is 5.69 Å². The Morgan fingerprint density at radius 1 is 1.05 bits per heavy atom. The van der Waals surface area contributed by atoms with Crippen LogP contribution in [0.15, 0.2) is 36.5 Å². The summed E-state index contributed by atoms with van der Waals surface area (Å²) in [5.41, 5.74) is 7.25. The maximum Gasteiger partial charge on any atom is 0.216 e. The van der Waals surface area contributed by atoms with Gasteiger partial charge in [0, 0.05) is 17.2 Å². The predicted molar refractivity (Wildman–Crippen MR) is 79.2 cm³/mol. The zero-order valence-corrected chi connectivity index (χ0v) is 12.3. The summed E-state index contributed by atoms with van der Waals surface area (Å²) in [5, 5.41) is 0. The normalized spacial score (nSPS) is 21.5. The Labute approximate surface area is 115 Å². The second kappa shape index (κ2) is 4.48. The van der Waals surface area contributed by atoms with E-state index in [0.29, 0.717) is 11.8 Å². The van der Waals surface area contributed by atoms with Crippen molar-refractivity contribution in [3.8, 4) is 11.3 Å². The number of pyridine rings is 1. The van der Waals surface area contributed by atoms with Crippen molar-refractivity contribution in [2.24, 2.45) is 7.05 Å². The summed E-state index contributed by atoms with van der Waals surface area (Å²) in [6.07, 6.45) is 3.49. The molecule has 0 N–H and O–H groups in total. The van der Waals surface area contributed by atoms with Gasteiger partial charge in [0.15, 0.2) is 6.20 Å². The van der Waals surface area contributed by atoms with E-state index in [-0.39, 0.29) is 0 Å². The Bertz CT molecular complexity index is 628. The van der Waals surface area contributed by atoms with Crippen molar-refractivity contribution in [1.82, 2.24) is 0 Å². The van der Waals surface area contributed by atoms with Gasteiger partial charge in [-0.2, -0.15) is 0 Å². The molecule has 0 spiro atoms. The number of aryl methyl sites for hydroxylation is 2. The van der Waals surface area contributed by atoms with E-state index in [1.54, 1.807) is 11.1 Å². The van der Waals surface area contributed by atoms with Crippen LogP contribution in [0, 0.1) is 6.92 Å². The highest BCUT2D eigenvalue weighted by Crippen LogP contribution is 2.44. The summed E-state index contributed by atoms with van der Waals surface area (Å²) in [7, 11) is 2.16. The lowest BCUT2D eigenvalue weighted by Crippen LogP contribution is -2.32. The largest absolute Gasteiger partial charge is 0.216 e. The molecule has 0 bridgehead atoms. The zero-order valence-electron chi connectivity index (χ0n) is 12.3. The SMILES string of the molecule is Cc1ccccc1-c1c2c(cc[n+]1C)C(C)CC2C. The number of nitrogens with zero attached hydrogens (tertiary/aromatic N) is 1. The Morgan fingerprint density at radius 2 is 1.79 bits per heavy atom. The van der Waals surface area contributed by atoms with Crippen LogP contribution >= 0.6 is 0 Å². The molecule has 2 atom stereocenters. The lowest BCUT2D eigenvalue weighted by molar-refractivity contribution is -0.660. The molecule has 0 saturated heterocycles. The summed E-state index contributed by atoms with van der Waals surface area (Å²) in [5.74, 6) is 1.35. The Kier molecular flexibility index (Phi) is 2.93. The minimum Gasteiger partial charge on any atom is -0.201 e. The molecular weight excluding hydrogens is 230 g/mol. The van der Waals surface area contributed by atoms with Gasteiger partial charge in [-0.25, -0.2) is 4.57 Å². The molecule has 0 amide bonds. The van der Waals surface area contributed by atoms with Crippen LogP contribution in [0.25, 0.3) is 11.3 Å². The molecule has 1 nitrogen and oxygen atoms in total. The van der Waals surface area contributed by atoms with Gasteiger partial charge >= 0.3 is 0 Å². The third-order valence-electron chi connectivity index (χ3n) is 4.53. The summed E-state index contributed by atoms with van der Waals surface area (Å²) in [6.45, 7) is 6.92. The van der Waals surface area contributed by atoms with Crippen molar-refractivity contribution in [3.63, 3.8) is 0 Å². The third kappa shape index (κ3) is 1.88.